The Balaban J connectivity index is 2.37. The Kier molecular flexibility index (Phi) is 5.48. The van der Waals surface area contributed by atoms with Crippen LogP contribution in [0.3, 0.4) is 0 Å². The van der Waals surface area contributed by atoms with Gasteiger partial charge in [-0.15, -0.1) is 0 Å². The summed E-state index contributed by atoms with van der Waals surface area (Å²) in [6.45, 7) is 2.95. The fourth-order valence-corrected chi connectivity index (χ4v) is 1.66. The van der Waals surface area contributed by atoms with Crippen molar-refractivity contribution in [1.29, 1.82) is 0 Å². The normalized spacial score (nSPS) is 10.3. The second-order valence-corrected chi connectivity index (χ2v) is 3.99. The zero-order valence-corrected chi connectivity index (χ0v) is 9.78. The number of hydrogen-bond donors (Lipinski definition) is 1. The standard InChI is InChI=1S/C12H17ClFN/c1-2-3-4-5-9-15-12-10(13)7-6-8-11(12)14/h6-8,15H,2-5,9H2,1H3. The summed E-state index contributed by atoms with van der Waals surface area (Å²) < 4.78 is 13.3. The lowest BCUT2D eigenvalue weighted by atomic mass is 10.2. The van der Waals surface area contributed by atoms with Crippen molar-refractivity contribution in [3.63, 3.8) is 0 Å². The summed E-state index contributed by atoms with van der Waals surface area (Å²) in [6.07, 6.45) is 4.67. The number of hydrogen-bond acceptors (Lipinski definition) is 1. The molecule has 0 saturated carbocycles. The zero-order chi connectivity index (χ0) is 11.1. The van der Waals surface area contributed by atoms with Crippen LogP contribution in [0.4, 0.5) is 10.1 Å². The highest BCUT2D eigenvalue weighted by Gasteiger charge is 2.04. The average Bonchev–Trinajstić information content (AvgIpc) is 2.21. The predicted molar refractivity (Wildman–Crippen MR) is 64.0 cm³/mol. The Morgan fingerprint density at radius 2 is 2.07 bits per heavy atom. The molecule has 0 aliphatic heterocycles. The topological polar surface area (TPSA) is 12.0 Å². The minimum atomic E-state index is -0.280. The van der Waals surface area contributed by atoms with Crippen molar-refractivity contribution in [2.45, 2.75) is 32.6 Å². The fraction of sp³-hybridized carbons (Fsp3) is 0.500. The van der Waals surface area contributed by atoms with Crippen LogP contribution in [0, 0.1) is 5.82 Å². The highest BCUT2D eigenvalue weighted by atomic mass is 35.5. The zero-order valence-electron chi connectivity index (χ0n) is 9.02. The molecule has 0 fully saturated rings. The monoisotopic (exact) mass is 229 g/mol. The van der Waals surface area contributed by atoms with E-state index in [-0.39, 0.29) is 5.82 Å². The molecule has 0 aliphatic carbocycles. The van der Waals surface area contributed by atoms with Gasteiger partial charge in [-0.2, -0.15) is 0 Å². The molecule has 1 aromatic carbocycles. The van der Waals surface area contributed by atoms with Crippen LogP contribution in [0.15, 0.2) is 18.2 Å². The van der Waals surface area contributed by atoms with E-state index in [1.807, 2.05) is 0 Å². The molecule has 3 heteroatoms. The molecule has 84 valence electrons. The molecule has 0 spiro atoms. The van der Waals surface area contributed by atoms with E-state index >= 15 is 0 Å². The Morgan fingerprint density at radius 3 is 2.73 bits per heavy atom. The van der Waals surface area contributed by atoms with Gasteiger partial charge in [0.2, 0.25) is 0 Å². The van der Waals surface area contributed by atoms with E-state index in [0.717, 1.165) is 13.0 Å². The van der Waals surface area contributed by atoms with Crippen molar-refractivity contribution in [3.8, 4) is 0 Å². The van der Waals surface area contributed by atoms with Crippen molar-refractivity contribution < 1.29 is 4.39 Å². The summed E-state index contributed by atoms with van der Waals surface area (Å²) >= 11 is 5.87. The maximum absolute atomic E-state index is 13.3. The first-order chi connectivity index (χ1) is 7.25. The average molecular weight is 230 g/mol. The predicted octanol–water partition coefficient (Wildman–Crippen LogP) is 4.47. The molecule has 0 unspecified atom stereocenters. The summed E-state index contributed by atoms with van der Waals surface area (Å²) in [5, 5.41) is 3.48. The first-order valence-corrected chi connectivity index (χ1v) is 5.81. The molecule has 1 aromatic rings. The van der Waals surface area contributed by atoms with E-state index in [9.17, 15) is 4.39 Å². The van der Waals surface area contributed by atoms with Crippen LogP contribution in [0.25, 0.3) is 0 Å². The molecule has 0 atom stereocenters. The lowest BCUT2D eigenvalue weighted by Crippen LogP contribution is -2.03. The number of unbranched alkanes of at least 4 members (excludes halogenated alkanes) is 3. The third-order valence-corrected chi connectivity index (χ3v) is 2.61. The minimum Gasteiger partial charge on any atom is -0.381 e. The van der Waals surface area contributed by atoms with Crippen molar-refractivity contribution in [2.75, 3.05) is 11.9 Å². The van der Waals surface area contributed by atoms with Crippen molar-refractivity contribution >= 4 is 17.3 Å². The summed E-state index contributed by atoms with van der Waals surface area (Å²) in [5.74, 6) is -0.280. The van der Waals surface area contributed by atoms with Gasteiger partial charge in [-0.25, -0.2) is 4.39 Å². The summed E-state index contributed by atoms with van der Waals surface area (Å²) in [4.78, 5) is 0. The first-order valence-electron chi connectivity index (χ1n) is 5.43. The van der Waals surface area contributed by atoms with Gasteiger partial charge in [0.15, 0.2) is 0 Å². The van der Waals surface area contributed by atoms with Crippen LogP contribution in [-0.4, -0.2) is 6.54 Å². The highest BCUT2D eigenvalue weighted by molar-refractivity contribution is 6.33. The van der Waals surface area contributed by atoms with Gasteiger partial charge in [-0.3, -0.25) is 0 Å². The van der Waals surface area contributed by atoms with E-state index in [1.54, 1.807) is 12.1 Å². The number of benzene rings is 1. The number of halogens is 2. The van der Waals surface area contributed by atoms with Crippen molar-refractivity contribution in [1.82, 2.24) is 0 Å². The number of nitrogens with one attached hydrogen (secondary N) is 1. The van der Waals surface area contributed by atoms with Crippen molar-refractivity contribution in [3.05, 3.63) is 29.0 Å². The summed E-state index contributed by atoms with van der Waals surface area (Å²) in [7, 11) is 0. The van der Waals surface area contributed by atoms with Gasteiger partial charge in [0.25, 0.3) is 0 Å². The van der Waals surface area contributed by atoms with Gasteiger partial charge in [0, 0.05) is 6.54 Å². The molecule has 1 rings (SSSR count). The van der Waals surface area contributed by atoms with E-state index in [1.165, 1.54) is 25.3 Å². The van der Waals surface area contributed by atoms with Gasteiger partial charge in [-0.05, 0) is 18.6 Å². The Morgan fingerprint density at radius 1 is 1.27 bits per heavy atom. The molecule has 0 aromatic heterocycles. The molecule has 0 radical (unpaired) electrons. The lowest BCUT2D eigenvalue weighted by Gasteiger charge is -2.08. The molecule has 15 heavy (non-hydrogen) atoms. The summed E-state index contributed by atoms with van der Waals surface area (Å²) in [6, 6.07) is 4.72. The third kappa shape index (κ3) is 4.08. The second kappa shape index (κ2) is 6.67. The smallest absolute Gasteiger partial charge is 0.147 e. The maximum atomic E-state index is 13.3. The largest absolute Gasteiger partial charge is 0.381 e. The molecule has 1 N–H and O–H groups in total. The van der Waals surface area contributed by atoms with E-state index in [2.05, 4.69) is 12.2 Å². The Hall–Kier alpha value is -0.760. The van der Waals surface area contributed by atoms with Crippen LogP contribution in [0.1, 0.15) is 32.6 Å². The van der Waals surface area contributed by atoms with E-state index in [0.29, 0.717) is 10.7 Å². The molecule has 1 nitrogen and oxygen atoms in total. The van der Waals surface area contributed by atoms with Gasteiger partial charge in [0.1, 0.15) is 5.82 Å². The molecule has 0 aliphatic rings. The van der Waals surface area contributed by atoms with Gasteiger partial charge >= 0.3 is 0 Å². The summed E-state index contributed by atoms with van der Waals surface area (Å²) in [5.41, 5.74) is 0.427. The molecule has 0 amide bonds. The van der Waals surface area contributed by atoms with Crippen LogP contribution >= 0.6 is 11.6 Å². The maximum Gasteiger partial charge on any atom is 0.147 e. The molecule has 0 heterocycles. The molecule has 0 bridgehead atoms. The van der Waals surface area contributed by atoms with Gasteiger partial charge < -0.3 is 5.32 Å². The SMILES string of the molecule is CCCCCCNc1c(F)cccc1Cl. The van der Waals surface area contributed by atoms with E-state index < -0.39 is 0 Å². The Labute approximate surface area is 95.6 Å². The van der Waals surface area contributed by atoms with Crippen LogP contribution in [0.5, 0.6) is 0 Å². The number of rotatable bonds is 6. The van der Waals surface area contributed by atoms with Gasteiger partial charge in [-0.1, -0.05) is 43.9 Å². The van der Waals surface area contributed by atoms with Crippen LogP contribution < -0.4 is 5.32 Å². The number of para-hydroxylation sites is 1. The first kappa shape index (κ1) is 12.3. The quantitative estimate of drug-likeness (QED) is 0.710. The van der Waals surface area contributed by atoms with Crippen LogP contribution in [-0.2, 0) is 0 Å². The number of anilines is 1. The molecular weight excluding hydrogens is 213 g/mol. The molecular formula is C12H17ClFN. The van der Waals surface area contributed by atoms with Gasteiger partial charge in [0.05, 0.1) is 10.7 Å². The minimum absolute atomic E-state index is 0.280. The second-order valence-electron chi connectivity index (χ2n) is 3.58. The van der Waals surface area contributed by atoms with Crippen LogP contribution in [0.2, 0.25) is 5.02 Å². The van der Waals surface area contributed by atoms with E-state index in [4.69, 9.17) is 11.6 Å². The molecule has 0 saturated heterocycles. The Bertz CT molecular complexity index is 281. The third-order valence-electron chi connectivity index (χ3n) is 2.29. The fourth-order valence-electron chi connectivity index (χ4n) is 1.43. The highest BCUT2D eigenvalue weighted by Crippen LogP contribution is 2.24. The lowest BCUT2D eigenvalue weighted by molar-refractivity contribution is 0.627. The van der Waals surface area contributed by atoms with Crippen molar-refractivity contribution in [2.24, 2.45) is 0 Å².